The van der Waals surface area contributed by atoms with E-state index in [4.69, 9.17) is 14.6 Å². The Morgan fingerprint density at radius 1 is 1.43 bits per heavy atom. The van der Waals surface area contributed by atoms with Gasteiger partial charge in [-0.3, -0.25) is 0 Å². The highest BCUT2D eigenvalue weighted by atomic mass is 32.2. The number of carbonyl (C=O) groups is 1. The number of aliphatic carboxylic acids is 1. The maximum atomic E-state index is 10.9. The molecule has 0 fully saturated rings. The van der Waals surface area contributed by atoms with Crippen LogP contribution in [0, 0.1) is 0 Å². The molecule has 2 heterocycles. The molecule has 1 atom stereocenters. The normalized spacial score (nSPS) is 16.1. The smallest absolute Gasteiger partial charge is 0.345 e. The molecule has 3 rings (SSSR count). The van der Waals surface area contributed by atoms with Gasteiger partial charge in [0.15, 0.2) is 6.10 Å². The lowest BCUT2D eigenvalue weighted by molar-refractivity contribution is -0.144. The van der Waals surface area contributed by atoms with Crippen LogP contribution in [0.3, 0.4) is 0 Å². The summed E-state index contributed by atoms with van der Waals surface area (Å²) in [5.41, 5.74) is 0.863. The summed E-state index contributed by atoms with van der Waals surface area (Å²) in [7, 11) is 0. The predicted octanol–water partition coefficient (Wildman–Crippen LogP) is 2.38. The molecule has 108 valence electrons. The van der Waals surface area contributed by atoms with E-state index in [1.165, 1.54) is 18.1 Å². The number of fused-ring (bicyclic) bond motifs is 1. The van der Waals surface area contributed by atoms with Crippen LogP contribution in [0.15, 0.2) is 35.6 Å². The molecule has 6 nitrogen and oxygen atoms in total. The highest BCUT2D eigenvalue weighted by Crippen LogP contribution is 2.34. The Balaban J connectivity index is 1.79. The molecule has 0 radical (unpaired) electrons. The van der Waals surface area contributed by atoms with Crippen LogP contribution >= 0.6 is 11.8 Å². The zero-order valence-corrected chi connectivity index (χ0v) is 12.0. The van der Waals surface area contributed by atoms with Crippen molar-refractivity contribution in [3.8, 4) is 17.4 Å². The van der Waals surface area contributed by atoms with E-state index in [0.717, 1.165) is 10.6 Å². The molecule has 0 bridgehead atoms. The van der Waals surface area contributed by atoms with Gasteiger partial charge < -0.3 is 14.6 Å². The Morgan fingerprint density at radius 2 is 2.29 bits per heavy atom. The lowest BCUT2D eigenvalue weighted by Crippen LogP contribution is -2.24. The highest BCUT2D eigenvalue weighted by Gasteiger charge is 2.29. The van der Waals surface area contributed by atoms with Crippen molar-refractivity contribution in [3.63, 3.8) is 0 Å². The van der Waals surface area contributed by atoms with Gasteiger partial charge in [0.2, 0.25) is 5.88 Å². The van der Waals surface area contributed by atoms with E-state index >= 15 is 0 Å². The zero-order chi connectivity index (χ0) is 14.8. The minimum atomic E-state index is -0.964. The van der Waals surface area contributed by atoms with Crippen molar-refractivity contribution in [3.05, 3.63) is 36.2 Å². The Bertz CT molecular complexity index is 692. The molecule has 1 aromatic carbocycles. The van der Waals surface area contributed by atoms with Gasteiger partial charge >= 0.3 is 5.97 Å². The van der Waals surface area contributed by atoms with Crippen molar-refractivity contribution >= 4 is 17.7 Å². The number of aromatic nitrogens is 2. The Kier molecular flexibility index (Phi) is 3.66. The number of hydrogen-bond donors (Lipinski definition) is 1. The van der Waals surface area contributed by atoms with Gasteiger partial charge in [-0.05, 0) is 17.9 Å². The van der Waals surface area contributed by atoms with E-state index in [2.05, 4.69) is 9.97 Å². The minimum absolute atomic E-state index is 0.370. The Labute approximate surface area is 125 Å². The first-order chi connectivity index (χ1) is 10.2. The van der Waals surface area contributed by atoms with E-state index in [1.807, 2.05) is 12.3 Å². The summed E-state index contributed by atoms with van der Waals surface area (Å²) in [6, 6.07) is 7.00. The second kappa shape index (κ2) is 5.61. The van der Waals surface area contributed by atoms with Gasteiger partial charge in [-0.15, -0.1) is 11.8 Å². The summed E-state index contributed by atoms with van der Waals surface area (Å²) in [6.45, 7) is 0. The van der Waals surface area contributed by atoms with Crippen LogP contribution in [0.5, 0.6) is 17.4 Å². The first-order valence-electron chi connectivity index (χ1n) is 6.22. The van der Waals surface area contributed by atoms with Crippen molar-refractivity contribution in [1.29, 1.82) is 0 Å². The fourth-order valence-corrected chi connectivity index (χ4v) is 2.39. The highest BCUT2D eigenvalue weighted by molar-refractivity contribution is 7.98. The van der Waals surface area contributed by atoms with Crippen LogP contribution in [0.25, 0.3) is 0 Å². The molecule has 0 amide bonds. The van der Waals surface area contributed by atoms with Gasteiger partial charge in [0.1, 0.15) is 22.9 Å². The summed E-state index contributed by atoms with van der Waals surface area (Å²) in [5, 5.41) is 9.78. The lowest BCUT2D eigenvalue weighted by Gasteiger charge is -2.07. The van der Waals surface area contributed by atoms with E-state index in [1.54, 1.807) is 18.2 Å². The van der Waals surface area contributed by atoms with Gasteiger partial charge in [0, 0.05) is 18.6 Å². The van der Waals surface area contributed by atoms with Crippen LogP contribution in [-0.4, -0.2) is 33.4 Å². The van der Waals surface area contributed by atoms with Gasteiger partial charge in [0.25, 0.3) is 0 Å². The third kappa shape index (κ3) is 2.92. The van der Waals surface area contributed by atoms with Gasteiger partial charge in [-0.1, -0.05) is 6.07 Å². The summed E-state index contributed by atoms with van der Waals surface area (Å²) in [6.07, 6.45) is 2.90. The van der Waals surface area contributed by atoms with Crippen LogP contribution in [0.1, 0.15) is 5.56 Å². The largest absolute Gasteiger partial charge is 0.478 e. The van der Waals surface area contributed by atoms with Crippen LogP contribution in [0.2, 0.25) is 0 Å². The van der Waals surface area contributed by atoms with E-state index in [0.29, 0.717) is 23.8 Å². The second-order valence-corrected chi connectivity index (χ2v) is 5.25. The molecule has 7 heteroatoms. The van der Waals surface area contributed by atoms with Crippen LogP contribution in [0.4, 0.5) is 0 Å². The fraction of sp³-hybridized carbons (Fsp3) is 0.214. The molecule has 1 aliphatic rings. The van der Waals surface area contributed by atoms with Gasteiger partial charge in [-0.25, -0.2) is 14.8 Å². The maximum absolute atomic E-state index is 10.9. The topological polar surface area (TPSA) is 81.5 Å². The third-order valence-corrected chi connectivity index (χ3v) is 3.68. The Morgan fingerprint density at radius 3 is 3.05 bits per heavy atom. The number of ether oxygens (including phenoxy) is 2. The fourth-order valence-electron chi connectivity index (χ4n) is 2.02. The standard InChI is InChI=1S/C14H12N2O4S/c1-21-13-6-12(15-7-16-13)19-9-3-2-8-4-11(14(17)18)20-10(8)5-9/h2-3,5-7,11H,4H2,1H3,(H,17,18). The molecule has 1 unspecified atom stereocenters. The molecule has 1 N–H and O–H groups in total. The second-order valence-electron chi connectivity index (χ2n) is 4.42. The number of rotatable bonds is 4. The van der Waals surface area contributed by atoms with Crippen LogP contribution < -0.4 is 9.47 Å². The lowest BCUT2D eigenvalue weighted by atomic mass is 10.1. The minimum Gasteiger partial charge on any atom is -0.478 e. The quantitative estimate of drug-likeness (QED) is 0.686. The Hall–Kier alpha value is -2.28. The molecule has 0 saturated heterocycles. The van der Waals surface area contributed by atoms with Crippen molar-refractivity contribution in [2.45, 2.75) is 17.6 Å². The monoisotopic (exact) mass is 304 g/mol. The number of thioether (sulfide) groups is 1. The predicted molar refractivity (Wildman–Crippen MR) is 76.1 cm³/mol. The molecule has 1 aromatic heterocycles. The molecule has 0 saturated carbocycles. The molecular weight excluding hydrogens is 292 g/mol. The van der Waals surface area contributed by atoms with Crippen molar-refractivity contribution < 1.29 is 19.4 Å². The first kappa shape index (κ1) is 13.7. The first-order valence-corrected chi connectivity index (χ1v) is 7.44. The molecule has 0 aliphatic carbocycles. The molecule has 0 spiro atoms. The summed E-state index contributed by atoms with van der Waals surface area (Å²) >= 11 is 1.50. The average Bonchev–Trinajstić information content (AvgIpc) is 2.91. The van der Waals surface area contributed by atoms with Crippen molar-refractivity contribution in [2.24, 2.45) is 0 Å². The maximum Gasteiger partial charge on any atom is 0.345 e. The number of nitrogens with zero attached hydrogens (tertiary/aromatic N) is 2. The molecule has 21 heavy (non-hydrogen) atoms. The number of carboxylic acids is 1. The van der Waals surface area contributed by atoms with Crippen molar-refractivity contribution in [1.82, 2.24) is 9.97 Å². The SMILES string of the molecule is CSc1cc(Oc2ccc3c(c2)OC(C(=O)O)C3)ncn1. The van der Waals surface area contributed by atoms with Gasteiger partial charge in [0.05, 0.1) is 0 Å². The van der Waals surface area contributed by atoms with Crippen LogP contribution in [-0.2, 0) is 11.2 Å². The third-order valence-electron chi connectivity index (χ3n) is 3.04. The average molecular weight is 304 g/mol. The van der Waals surface area contributed by atoms with E-state index in [-0.39, 0.29) is 0 Å². The van der Waals surface area contributed by atoms with Gasteiger partial charge in [-0.2, -0.15) is 0 Å². The van der Waals surface area contributed by atoms with E-state index in [9.17, 15) is 4.79 Å². The number of benzene rings is 1. The molecule has 1 aliphatic heterocycles. The zero-order valence-electron chi connectivity index (χ0n) is 11.1. The molecule has 2 aromatic rings. The van der Waals surface area contributed by atoms with Crippen molar-refractivity contribution in [2.75, 3.05) is 6.26 Å². The summed E-state index contributed by atoms with van der Waals surface area (Å²) in [4.78, 5) is 19.0. The van der Waals surface area contributed by atoms with E-state index < -0.39 is 12.1 Å². The summed E-state index contributed by atoms with van der Waals surface area (Å²) in [5.74, 6) is 0.556. The number of hydrogen-bond acceptors (Lipinski definition) is 6. The summed E-state index contributed by atoms with van der Waals surface area (Å²) < 4.78 is 11.0. The number of carboxylic acid groups (broad SMARTS) is 1. The molecular formula is C14H12N2O4S.